The van der Waals surface area contributed by atoms with Crippen LogP contribution in [0.25, 0.3) is 10.8 Å². The SMILES string of the molecule is CC(=O)NCC(=O)SCc1ccc2ccccc2c1. The number of amides is 1. The monoisotopic (exact) mass is 273 g/mol. The van der Waals surface area contributed by atoms with E-state index in [2.05, 4.69) is 29.6 Å². The molecule has 0 bridgehead atoms. The molecule has 3 nitrogen and oxygen atoms in total. The molecule has 0 heterocycles. The van der Waals surface area contributed by atoms with Crippen LogP contribution in [0.15, 0.2) is 42.5 Å². The van der Waals surface area contributed by atoms with E-state index >= 15 is 0 Å². The number of carbonyl (C=O) groups is 2. The molecule has 0 atom stereocenters. The maximum atomic E-state index is 11.5. The van der Waals surface area contributed by atoms with Gasteiger partial charge in [0.25, 0.3) is 0 Å². The zero-order valence-electron chi connectivity index (χ0n) is 10.7. The Hall–Kier alpha value is -1.81. The smallest absolute Gasteiger partial charge is 0.217 e. The number of thioether (sulfide) groups is 1. The number of rotatable bonds is 4. The maximum absolute atomic E-state index is 11.5. The summed E-state index contributed by atoms with van der Waals surface area (Å²) in [6.45, 7) is 1.49. The number of hydrogen-bond acceptors (Lipinski definition) is 3. The largest absolute Gasteiger partial charge is 0.348 e. The molecular weight excluding hydrogens is 258 g/mol. The molecule has 0 saturated carbocycles. The van der Waals surface area contributed by atoms with E-state index in [1.54, 1.807) is 0 Å². The zero-order valence-corrected chi connectivity index (χ0v) is 11.5. The van der Waals surface area contributed by atoms with Gasteiger partial charge in [0.15, 0.2) is 0 Å². The second kappa shape index (κ2) is 6.38. The van der Waals surface area contributed by atoms with Gasteiger partial charge in [-0.25, -0.2) is 0 Å². The maximum Gasteiger partial charge on any atom is 0.217 e. The van der Waals surface area contributed by atoms with Gasteiger partial charge in [0, 0.05) is 12.7 Å². The number of fused-ring (bicyclic) bond motifs is 1. The highest BCUT2D eigenvalue weighted by atomic mass is 32.2. The van der Waals surface area contributed by atoms with Crippen molar-refractivity contribution in [2.24, 2.45) is 0 Å². The molecule has 0 aliphatic heterocycles. The molecule has 19 heavy (non-hydrogen) atoms. The molecule has 1 N–H and O–H groups in total. The van der Waals surface area contributed by atoms with Gasteiger partial charge in [0.1, 0.15) is 0 Å². The number of hydrogen-bond donors (Lipinski definition) is 1. The molecule has 2 aromatic rings. The van der Waals surface area contributed by atoms with Crippen molar-refractivity contribution in [3.63, 3.8) is 0 Å². The van der Waals surface area contributed by atoms with Crippen molar-refractivity contribution in [1.82, 2.24) is 5.32 Å². The van der Waals surface area contributed by atoms with Gasteiger partial charge in [-0.05, 0) is 16.3 Å². The summed E-state index contributed by atoms with van der Waals surface area (Å²) in [5.41, 5.74) is 1.11. The average Bonchev–Trinajstić information content (AvgIpc) is 2.42. The molecule has 4 heteroatoms. The van der Waals surface area contributed by atoms with Gasteiger partial charge in [0.2, 0.25) is 11.0 Å². The topological polar surface area (TPSA) is 46.2 Å². The van der Waals surface area contributed by atoms with Crippen LogP contribution in [0.5, 0.6) is 0 Å². The fourth-order valence-corrected chi connectivity index (χ4v) is 2.42. The Bertz CT molecular complexity index is 610. The summed E-state index contributed by atoms with van der Waals surface area (Å²) >= 11 is 1.23. The van der Waals surface area contributed by atoms with Gasteiger partial charge in [0.05, 0.1) is 6.54 Å². The lowest BCUT2D eigenvalue weighted by Gasteiger charge is -2.04. The van der Waals surface area contributed by atoms with Gasteiger partial charge in [-0.3, -0.25) is 9.59 Å². The highest BCUT2D eigenvalue weighted by Crippen LogP contribution is 2.19. The molecule has 0 aromatic heterocycles. The molecule has 0 radical (unpaired) electrons. The van der Waals surface area contributed by atoms with Gasteiger partial charge < -0.3 is 5.32 Å². The molecule has 2 aromatic carbocycles. The predicted octanol–water partition coefficient (Wildman–Crippen LogP) is 2.74. The molecule has 0 spiro atoms. The lowest BCUT2D eigenvalue weighted by molar-refractivity contribution is -0.121. The normalized spacial score (nSPS) is 10.4. The second-order valence-electron chi connectivity index (χ2n) is 4.25. The van der Waals surface area contributed by atoms with Crippen molar-refractivity contribution in [2.75, 3.05) is 6.54 Å². The number of nitrogens with one attached hydrogen (secondary N) is 1. The van der Waals surface area contributed by atoms with Crippen LogP contribution < -0.4 is 5.32 Å². The van der Waals surface area contributed by atoms with Crippen molar-refractivity contribution >= 4 is 33.6 Å². The Morgan fingerprint density at radius 2 is 1.84 bits per heavy atom. The summed E-state index contributed by atoms with van der Waals surface area (Å²) in [6.07, 6.45) is 0. The van der Waals surface area contributed by atoms with E-state index in [9.17, 15) is 9.59 Å². The van der Waals surface area contributed by atoms with E-state index in [4.69, 9.17) is 0 Å². The minimum atomic E-state index is -0.181. The minimum Gasteiger partial charge on any atom is -0.348 e. The Morgan fingerprint density at radius 1 is 1.11 bits per heavy atom. The third-order valence-corrected chi connectivity index (χ3v) is 3.64. The fourth-order valence-electron chi connectivity index (χ4n) is 1.74. The highest BCUT2D eigenvalue weighted by Gasteiger charge is 2.04. The van der Waals surface area contributed by atoms with Crippen LogP contribution in [0, 0.1) is 0 Å². The van der Waals surface area contributed by atoms with E-state index in [0.29, 0.717) is 5.75 Å². The first kappa shape index (κ1) is 13.6. The van der Waals surface area contributed by atoms with Crippen LogP contribution >= 0.6 is 11.8 Å². The van der Waals surface area contributed by atoms with E-state index < -0.39 is 0 Å². The van der Waals surface area contributed by atoms with E-state index in [1.807, 2.05) is 18.2 Å². The average molecular weight is 273 g/mol. The first-order valence-electron chi connectivity index (χ1n) is 6.03. The first-order chi connectivity index (χ1) is 9.15. The molecule has 0 unspecified atom stereocenters. The summed E-state index contributed by atoms with van der Waals surface area (Å²) in [5, 5.41) is 4.85. The van der Waals surface area contributed by atoms with Crippen molar-refractivity contribution < 1.29 is 9.59 Å². The van der Waals surface area contributed by atoms with Crippen LogP contribution in [0.4, 0.5) is 0 Å². The van der Waals surface area contributed by atoms with E-state index in [-0.39, 0.29) is 17.6 Å². The Labute approximate surface area is 116 Å². The number of benzene rings is 2. The van der Waals surface area contributed by atoms with Crippen LogP contribution in [0.1, 0.15) is 12.5 Å². The van der Waals surface area contributed by atoms with E-state index in [0.717, 1.165) is 5.56 Å². The lowest BCUT2D eigenvalue weighted by atomic mass is 10.1. The van der Waals surface area contributed by atoms with Crippen LogP contribution in [0.3, 0.4) is 0 Å². The molecule has 1 amide bonds. The summed E-state index contributed by atoms with van der Waals surface area (Å²) in [5.74, 6) is 0.447. The van der Waals surface area contributed by atoms with Crippen molar-refractivity contribution in [3.05, 3.63) is 48.0 Å². The van der Waals surface area contributed by atoms with E-state index in [1.165, 1.54) is 29.5 Å². The van der Waals surface area contributed by atoms with Gasteiger partial charge in [-0.15, -0.1) is 0 Å². The lowest BCUT2D eigenvalue weighted by Crippen LogP contribution is -2.25. The standard InChI is InChI=1S/C15H15NO2S/c1-11(17)16-9-15(18)19-10-12-6-7-13-4-2-3-5-14(13)8-12/h2-8H,9-10H2,1H3,(H,16,17). The van der Waals surface area contributed by atoms with Crippen LogP contribution in [-0.4, -0.2) is 17.6 Å². The number of carbonyl (C=O) groups excluding carboxylic acids is 2. The zero-order chi connectivity index (χ0) is 13.7. The Morgan fingerprint density at radius 3 is 2.58 bits per heavy atom. The molecular formula is C15H15NO2S. The molecule has 2 rings (SSSR count). The summed E-state index contributed by atoms with van der Waals surface area (Å²) in [7, 11) is 0. The fraction of sp³-hybridized carbons (Fsp3) is 0.200. The minimum absolute atomic E-state index is 0.0247. The molecule has 0 fully saturated rings. The van der Waals surface area contributed by atoms with Crippen LogP contribution in [-0.2, 0) is 15.3 Å². The van der Waals surface area contributed by atoms with Crippen molar-refractivity contribution in [2.45, 2.75) is 12.7 Å². The highest BCUT2D eigenvalue weighted by molar-refractivity contribution is 8.13. The summed E-state index contributed by atoms with van der Waals surface area (Å²) in [6, 6.07) is 14.3. The third kappa shape index (κ3) is 4.10. The van der Waals surface area contributed by atoms with Crippen LogP contribution in [0.2, 0.25) is 0 Å². The Kier molecular flexibility index (Phi) is 4.58. The second-order valence-corrected chi connectivity index (χ2v) is 5.28. The first-order valence-corrected chi connectivity index (χ1v) is 7.01. The van der Waals surface area contributed by atoms with Gasteiger partial charge in [-0.2, -0.15) is 0 Å². The Balaban J connectivity index is 1.94. The molecule has 98 valence electrons. The predicted molar refractivity (Wildman–Crippen MR) is 78.9 cm³/mol. The summed E-state index contributed by atoms with van der Waals surface area (Å²) < 4.78 is 0. The molecule has 0 aliphatic rings. The van der Waals surface area contributed by atoms with Gasteiger partial charge in [-0.1, -0.05) is 54.2 Å². The molecule has 0 aliphatic carbocycles. The quantitative estimate of drug-likeness (QED) is 0.931. The third-order valence-electron chi connectivity index (χ3n) is 2.70. The molecule has 0 saturated heterocycles. The van der Waals surface area contributed by atoms with Crippen molar-refractivity contribution in [3.8, 4) is 0 Å². The van der Waals surface area contributed by atoms with Gasteiger partial charge >= 0.3 is 0 Å². The summed E-state index contributed by atoms with van der Waals surface area (Å²) in [4.78, 5) is 22.2. The van der Waals surface area contributed by atoms with Crippen molar-refractivity contribution in [1.29, 1.82) is 0 Å².